The Hall–Kier alpha value is -1.98. The lowest BCUT2D eigenvalue weighted by molar-refractivity contribution is -0.124. The molecule has 2 unspecified atom stereocenters. The molecule has 2 aliphatic rings. The number of carbonyl (C=O) groups excluding carboxylic acids is 2. The van der Waals surface area contributed by atoms with Crippen LogP contribution in [0.5, 0.6) is 0 Å². The second-order valence-corrected chi connectivity index (χ2v) is 7.33. The fraction of sp³-hybridized carbons (Fsp3) is 0.222. The van der Waals surface area contributed by atoms with Gasteiger partial charge in [0.15, 0.2) is 0 Å². The van der Waals surface area contributed by atoms with Crippen molar-refractivity contribution >= 4 is 35.2 Å². The summed E-state index contributed by atoms with van der Waals surface area (Å²) in [6.07, 6.45) is 0. The van der Waals surface area contributed by atoms with E-state index in [9.17, 15) is 9.59 Å². The van der Waals surface area contributed by atoms with Gasteiger partial charge in [0.25, 0.3) is 5.91 Å². The molecule has 2 aromatic rings. The lowest BCUT2D eigenvalue weighted by Gasteiger charge is -2.22. The molecule has 1 N–H and O–H groups in total. The smallest absolute Gasteiger partial charge is 0.256 e. The molecule has 6 heteroatoms. The van der Waals surface area contributed by atoms with Crippen LogP contribution < -0.4 is 5.32 Å². The first kappa shape index (κ1) is 15.5. The van der Waals surface area contributed by atoms with Gasteiger partial charge in [-0.15, -0.1) is 11.8 Å². The molecule has 0 aromatic heterocycles. The SMILES string of the molecule is O=C(NCc1ccccc1Cl)C1CSC2c3ccccc3C(=O)N12. The minimum Gasteiger partial charge on any atom is -0.350 e. The van der Waals surface area contributed by atoms with Crippen LogP contribution in [0.3, 0.4) is 0 Å². The van der Waals surface area contributed by atoms with Crippen molar-refractivity contribution in [2.75, 3.05) is 5.75 Å². The first-order valence-electron chi connectivity index (χ1n) is 7.71. The van der Waals surface area contributed by atoms with E-state index in [1.807, 2.05) is 42.5 Å². The number of thioether (sulfide) groups is 1. The summed E-state index contributed by atoms with van der Waals surface area (Å²) in [7, 11) is 0. The molecule has 0 aliphatic carbocycles. The van der Waals surface area contributed by atoms with Crippen molar-refractivity contribution < 1.29 is 9.59 Å². The fourth-order valence-corrected chi connectivity index (χ4v) is 4.85. The molecule has 0 spiro atoms. The molecule has 0 radical (unpaired) electrons. The van der Waals surface area contributed by atoms with E-state index in [0.29, 0.717) is 22.9 Å². The highest BCUT2D eigenvalue weighted by atomic mass is 35.5. The van der Waals surface area contributed by atoms with Crippen LogP contribution in [-0.4, -0.2) is 28.5 Å². The Kier molecular flexibility index (Phi) is 3.98. The molecular formula is C18H15ClN2O2S. The molecule has 2 heterocycles. The zero-order valence-corrected chi connectivity index (χ0v) is 14.3. The molecule has 122 valence electrons. The average Bonchev–Trinajstić information content (AvgIpc) is 3.15. The monoisotopic (exact) mass is 358 g/mol. The third-order valence-corrected chi connectivity index (χ3v) is 6.08. The van der Waals surface area contributed by atoms with E-state index < -0.39 is 6.04 Å². The van der Waals surface area contributed by atoms with Gasteiger partial charge in [-0.3, -0.25) is 9.59 Å². The summed E-state index contributed by atoms with van der Waals surface area (Å²) < 4.78 is 0. The lowest BCUT2D eigenvalue weighted by Crippen LogP contribution is -2.45. The Balaban J connectivity index is 1.49. The number of fused-ring (bicyclic) bond motifs is 3. The van der Waals surface area contributed by atoms with Gasteiger partial charge in [-0.25, -0.2) is 0 Å². The topological polar surface area (TPSA) is 49.4 Å². The first-order valence-corrected chi connectivity index (χ1v) is 9.14. The number of amides is 2. The van der Waals surface area contributed by atoms with E-state index in [1.54, 1.807) is 22.7 Å². The molecular weight excluding hydrogens is 344 g/mol. The van der Waals surface area contributed by atoms with Crippen molar-refractivity contribution in [3.05, 3.63) is 70.2 Å². The summed E-state index contributed by atoms with van der Waals surface area (Å²) in [4.78, 5) is 26.9. The van der Waals surface area contributed by atoms with Crippen LogP contribution >= 0.6 is 23.4 Å². The van der Waals surface area contributed by atoms with Crippen LogP contribution in [0, 0.1) is 0 Å². The molecule has 2 amide bonds. The highest BCUT2D eigenvalue weighted by Gasteiger charge is 2.48. The van der Waals surface area contributed by atoms with Crippen molar-refractivity contribution in [1.82, 2.24) is 10.2 Å². The van der Waals surface area contributed by atoms with Crippen molar-refractivity contribution in [2.24, 2.45) is 0 Å². The van der Waals surface area contributed by atoms with Crippen LogP contribution in [-0.2, 0) is 11.3 Å². The Morgan fingerprint density at radius 1 is 1.21 bits per heavy atom. The molecule has 2 aromatic carbocycles. The van der Waals surface area contributed by atoms with Crippen LogP contribution in [0.1, 0.15) is 26.9 Å². The molecule has 2 aliphatic heterocycles. The van der Waals surface area contributed by atoms with Crippen LogP contribution in [0.15, 0.2) is 48.5 Å². The number of carbonyl (C=O) groups is 2. The summed E-state index contributed by atoms with van der Waals surface area (Å²) >= 11 is 7.76. The standard InChI is InChI=1S/C18H15ClN2O2S/c19-14-8-4-1-5-11(14)9-20-16(22)15-10-24-18-13-7-3-2-6-12(13)17(23)21(15)18/h1-8,15,18H,9-10H2,(H,20,22). The summed E-state index contributed by atoms with van der Waals surface area (Å²) in [6.45, 7) is 0.360. The molecule has 1 fully saturated rings. The number of benzene rings is 2. The van der Waals surface area contributed by atoms with Gasteiger partial charge in [-0.1, -0.05) is 48.0 Å². The van der Waals surface area contributed by atoms with E-state index in [2.05, 4.69) is 5.32 Å². The zero-order chi connectivity index (χ0) is 16.7. The Morgan fingerprint density at radius 2 is 1.96 bits per heavy atom. The van der Waals surface area contributed by atoms with Crippen molar-refractivity contribution in [3.63, 3.8) is 0 Å². The molecule has 0 saturated carbocycles. The summed E-state index contributed by atoms with van der Waals surface area (Å²) in [5.74, 6) is 0.420. The van der Waals surface area contributed by atoms with E-state index in [4.69, 9.17) is 11.6 Å². The lowest BCUT2D eigenvalue weighted by atomic mass is 10.1. The van der Waals surface area contributed by atoms with Gasteiger partial charge in [0, 0.05) is 22.9 Å². The van der Waals surface area contributed by atoms with Gasteiger partial charge >= 0.3 is 0 Å². The Bertz CT molecular complexity index is 826. The number of rotatable bonds is 3. The third-order valence-electron chi connectivity index (χ3n) is 4.41. The van der Waals surface area contributed by atoms with Gasteiger partial charge in [0.1, 0.15) is 11.4 Å². The normalized spacial score (nSPS) is 21.5. The van der Waals surface area contributed by atoms with Crippen LogP contribution in [0.25, 0.3) is 0 Å². The predicted octanol–water partition coefficient (Wildman–Crippen LogP) is 3.23. The number of nitrogens with one attached hydrogen (secondary N) is 1. The zero-order valence-electron chi connectivity index (χ0n) is 12.7. The number of hydrogen-bond donors (Lipinski definition) is 1. The molecule has 24 heavy (non-hydrogen) atoms. The van der Waals surface area contributed by atoms with E-state index in [1.165, 1.54) is 0 Å². The van der Waals surface area contributed by atoms with Crippen LogP contribution in [0.4, 0.5) is 0 Å². The van der Waals surface area contributed by atoms with Gasteiger partial charge in [0.2, 0.25) is 5.91 Å². The minimum atomic E-state index is -0.442. The molecule has 4 nitrogen and oxygen atoms in total. The second-order valence-electron chi connectivity index (χ2n) is 5.81. The van der Waals surface area contributed by atoms with Gasteiger partial charge in [-0.2, -0.15) is 0 Å². The summed E-state index contributed by atoms with van der Waals surface area (Å²) in [5, 5.41) is 3.49. The average molecular weight is 359 g/mol. The maximum Gasteiger partial charge on any atom is 0.256 e. The first-order chi connectivity index (χ1) is 11.7. The molecule has 1 saturated heterocycles. The van der Waals surface area contributed by atoms with Crippen molar-refractivity contribution in [3.8, 4) is 0 Å². The van der Waals surface area contributed by atoms with Gasteiger partial charge in [0.05, 0.1) is 0 Å². The van der Waals surface area contributed by atoms with E-state index >= 15 is 0 Å². The summed E-state index contributed by atoms with van der Waals surface area (Å²) in [6, 6.07) is 14.6. The van der Waals surface area contributed by atoms with E-state index in [0.717, 1.165) is 11.1 Å². The van der Waals surface area contributed by atoms with Gasteiger partial charge in [-0.05, 0) is 23.3 Å². The summed E-state index contributed by atoms with van der Waals surface area (Å²) in [5.41, 5.74) is 2.58. The third kappa shape index (κ3) is 2.48. The number of nitrogens with zero attached hydrogens (tertiary/aromatic N) is 1. The van der Waals surface area contributed by atoms with Crippen molar-refractivity contribution in [2.45, 2.75) is 18.0 Å². The fourth-order valence-electron chi connectivity index (χ4n) is 3.18. The van der Waals surface area contributed by atoms with E-state index in [-0.39, 0.29) is 17.2 Å². The maximum absolute atomic E-state index is 12.6. The maximum atomic E-state index is 12.6. The van der Waals surface area contributed by atoms with Crippen LogP contribution in [0.2, 0.25) is 5.02 Å². The minimum absolute atomic E-state index is 0.0511. The second kappa shape index (κ2) is 6.15. The molecule has 2 atom stereocenters. The van der Waals surface area contributed by atoms with Gasteiger partial charge < -0.3 is 10.2 Å². The number of halogens is 1. The quantitative estimate of drug-likeness (QED) is 0.916. The predicted molar refractivity (Wildman–Crippen MR) is 94.9 cm³/mol. The number of hydrogen-bond acceptors (Lipinski definition) is 3. The highest BCUT2D eigenvalue weighted by Crippen LogP contribution is 2.48. The molecule has 4 rings (SSSR count). The largest absolute Gasteiger partial charge is 0.350 e. The molecule has 0 bridgehead atoms. The van der Waals surface area contributed by atoms with Crippen molar-refractivity contribution in [1.29, 1.82) is 0 Å². The highest BCUT2D eigenvalue weighted by molar-refractivity contribution is 7.99. The Morgan fingerprint density at radius 3 is 2.79 bits per heavy atom. The Labute approximate surface area is 149 Å².